The van der Waals surface area contributed by atoms with E-state index in [9.17, 15) is 8.78 Å². The molecule has 170 valence electrons. The summed E-state index contributed by atoms with van der Waals surface area (Å²) in [6.07, 6.45) is 2.47. The lowest BCUT2D eigenvalue weighted by Crippen LogP contribution is -2.30. The summed E-state index contributed by atoms with van der Waals surface area (Å²) in [4.78, 5) is 6.39. The van der Waals surface area contributed by atoms with Gasteiger partial charge in [-0.2, -0.15) is 0 Å². The molecule has 0 aliphatic carbocycles. The second kappa shape index (κ2) is 9.38. The number of halogens is 3. The standard InChI is InChI=1S/C22H24ClF2N5O2/c1-22(17-5-3-15(25)11-18(17)23)7-9-29(14-22)21-28-27-19(13-32-10-8-24)30(21)16-4-6-20(31-2)26-12-16/h3-6,11-12H,7-10,13-14H2,1-2H3/t22-/m1/s1. The maximum Gasteiger partial charge on any atom is 0.232 e. The molecule has 0 spiro atoms. The summed E-state index contributed by atoms with van der Waals surface area (Å²) < 4.78 is 38.5. The van der Waals surface area contributed by atoms with Crippen LogP contribution in [0.15, 0.2) is 36.5 Å². The fourth-order valence-electron chi connectivity index (χ4n) is 4.04. The van der Waals surface area contributed by atoms with Crippen molar-refractivity contribution < 1.29 is 18.3 Å². The maximum absolute atomic E-state index is 13.6. The van der Waals surface area contributed by atoms with Crippen molar-refractivity contribution in [3.63, 3.8) is 0 Å². The molecule has 2 aromatic heterocycles. The number of nitrogens with zero attached hydrogens (tertiary/aromatic N) is 5. The minimum absolute atomic E-state index is 0.0199. The topological polar surface area (TPSA) is 65.3 Å². The quantitative estimate of drug-likeness (QED) is 0.468. The van der Waals surface area contributed by atoms with Gasteiger partial charge < -0.3 is 14.4 Å². The Hall–Kier alpha value is -2.78. The highest BCUT2D eigenvalue weighted by Crippen LogP contribution is 2.40. The van der Waals surface area contributed by atoms with E-state index in [1.54, 1.807) is 25.4 Å². The van der Waals surface area contributed by atoms with Crippen LogP contribution in [-0.2, 0) is 16.8 Å². The van der Waals surface area contributed by atoms with Gasteiger partial charge in [0.05, 0.1) is 25.6 Å². The van der Waals surface area contributed by atoms with Gasteiger partial charge in [0.2, 0.25) is 11.8 Å². The SMILES string of the molecule is COc1ccc(-n2c(COCCF)nnc2N2CC[C@@](C)(c3ccc(F)cc3Cl)C2)cn1. The summed E-state index contributed by atoms with van der Waals surface area (Å²) >= 11 is 6.36. The third kappa shape index (κ3) is 4.40. The minimum atomic E-state index is -0.575. The highest BCUT2D eigenvalue weighted by atomic mass is 35.5. The largest absolute Gasteiger partial charge is 0.481 e. The Balaban J connectivity index is 1.67. The number of anilines is 1. The summed E-state index contributed by atoms with van der Waals surface area (Å²) in [7, 11) is 1.55. The van der Waals surface area contributed by atoms with Crippen LogP contribution in [-0.4, -0.2) is 53.2 Å². The lowest BCUT2D eigenvalue weighted by molar-refractivity contribution is 0.101. The van der Waals surface area contributed by atoms with Crippen molar-refractivity contribution in [1.29, 1.82) is 0 Å². The third-order valence-corrected chi connectivity index (χ3v) is 6.00. The van der Waals surface area contributed by atoms with E-state index in [0.29, 0.717) is 35.8 Å². The molecule has 0 N–H and O–H groups in total. The lowest BCUT2D eigenvalue weighted by atomic mass is 9.82. The van der Waals surface area contributed by atoms with Crippen molar-refractivity contribution >= 4 is 17.5 Å². The summed E-state index contributed by atoms with van der Waals surface area (Å²) in [5, 5.41) is 9.11. The first-order valence-corrected chi connectivity index (χ1v) is 10.6. The highest BCUT2D eigenvalue weighted by Gasteiger charge is 2.39. The van der Waals surface area contributed by atoms with Crippen molar-refractivity contribution in [3.05, 3.63) is 58.8 Å². The summed E-state index contributed by atoms with van der Waals surface area (Å²) in [5.41, 5.74) is 1.34. The van der Waals surface area contributed by atoms with E-state index in [-0.39, 0.29) is 24.4 Å². The Bertz CT molecular complexity index is 1080. The molecule has 1 atom stereocenters. The number of rotatable bonds is 8. The van der Waals surface area contributed by atoms with Crippen LogP contribution < -0.4 is 9.64 Å². The summed E-state index contributed by atoms with van der Waals surface area (Å²) in [6.45, 7) is 2.94. The van der Waals surface area contributed by atoms with Gasteiger partial charge in [-0.15, -0.1) is 10.2 Å². The molecule has 1 aromatic carbocycles. The normalized spacial score (nSPS) is 18.3. The molecule has 3 heterocycles. The monoisotopic (exact) mass is 463 g/mol. The van der Waals surface area contributed by atoms with Gasteiger partial charge in [0.15, 0.2) is 5.82 Å². The van der Waals surface area contributed by atoms with Crippen LogP contribution in [0.25, 0.3) is 5.69 Å². The van der Waals surface area contributed by atoms with Crippen LogP contribution in [0, 0.1) is 5.82 Å². The highest BCUT2D eigenvalue weighted by molar-refractivity contribution is 6.31. The van der Waals surface area contributed by atoms with E-state index in [1.807, 2.05) is 10.6 Å². The fraction of sp³-hybridized carbons (Fsp3) is 0.409. The molecule has 1 saturated heterocycles. The van der Waals surface area contributed by atoms with Gasteiger partial charge in [0.25, 0.3) is 0 Å². The molecule has 0 unspecified atom stereocenters. The van der Waals surface area contributed by atoms with E-state index >= 15 is 0 Å². The molecule has 4 rings (SSSR count). The fourth-order valence-corrected chi connectivity index (χ4v) is 4.44. The Labute approximate surface area is 189 Å². The number of hydrogen-bond donors (Lipinski definition) is 0. The molecular weight excluding hydrogens is 440 g/mol. The lowest BCUT2D eigenvalue weighted by Gasteiger charge is -2.27. The van der Waals surface area contributed by atoms with Gasteiger partial charge in [-0.05, 0) is 30.2 Å². The molecule has 0 bridgehead atoms. The molecule has 0 saturated carbocycles. The molecule has 3 aromatic rings. The predicted octanol–water partition coefficient (Wildman–Crippen LogP) is 4.12. The van der Waals surface area contributed by atoms with Crippen molar-refractivity contribution in [3.8, 4) is 11.6 Å². The molecular formula is C22H24ClF2N5O2. The number of benzene rings is 1. The van der Waals surface area contributed by atoms with Crippen molar-refractivity contribution in [1.82, 2.24) is 19.7 Å². The van der Waals surface area contributed by atoms with Crippen molar-refractivity contribution in [2.45, 2.75) is 25.4 Å². The van der Waals surface area contributed by atoms with Gasteiger partial charge in [0.1, 0.15) is 19.1 Å². The first kappa shape index (κ1) is 22.4. The smallest absolute Gasteiger partial charge is 0.232 e. The van der Waals surface area contributed by atoms with E-state index in [4.69, 9.17) is 21.1 Å². The maximum atomic E-state index is 13.6. The van der Waals surface area contributed by atoms with Gasteiger partial charge in [-0.3, -0.25) is 4.57 Å². The van der Waals surface area contributed by atoms with Gasteiger partial charge >= 0.3 is 0 Å². The number of aromatic nitrogens is 4. The molecule has 0 radical (unpaired) electrons. The Morgan fingerprint density at radius 1 is 1.22 bits per heavy atom. The number of alkyl halides is 1. The first-order chi connectivity index (χ1) is 15.4. The van der Waals surface area contributed by atoms with Gasteiger partial charge in [-0.1, -0.05) is 24.6 Å². The van der Waals surface area contributed by atoms with Crippen molar-refractivity contribution in [2.24, 2.45) is 0 Å². The molecule has 1 aliphatic rings. The van der Waals surface area contributed by atoms with Crippen molar-refractivity contribution in [2.75, 3.05) is 38.4 Å². The Kier molecular flexibility index (Phi) is 6.57. The third-order valence-electron chi connectivity index (χ3n) is 5.69. The molecule has 10 heteroatoms. The van der Waals surface area contributed by atoms with E-state index in [2.05, 4.69) is 27.0 Å². The molecule has 0 amide bonds. The van der Waals surface area contributed by atoms with E-state index < -0.39 is 6.67 Å². The van der Waals surface area contributed by atoms with Crippen LogP contribution in [0.5, 0.6) is 5.88 Å². The molecule has 1 fully saturated rings. The molecule has 7 nitrogen and oxygen atoms in total. The Morgan fingerprint density at radius 2 is 2.06 bits per heavy atom. The zero-order valence-electron chi connectivity index (χ0n) is 17.9. The number of pyridine rings is 1. The van der Waals surface area contributed by atoms with Crippen LogP contribution >= 0.6 is 11.6 Å². The summed E-state index contributed by atoms with van der Waals surface area (Å²) in [5.74, 6) is 1.28. The summed E-state index contributed by atoms with van der Waals surface area (Å²) in [6, 6.07) is 8.12. The average molecular weight is 464 g/mol. The van der Waals surface area contributed by atoms with Gasteiger partial charge in [-0.25, -0.2) is 13.8 Å². The predicted molar refractivity (Wildman–Crippen MR) is 117 cm³/mol. The van der Waals surface area contributed by atoms with Gasteiger partial charge in [0, 0.05) is 29.6 Å². The second-order valence-electron chi connectivity index (χ2n) is 7.91. The zero-order chi connectivity index (χ0) is 22.7. The first-order valence-electron chi connectivity index (χ1n) is 10.2. The van der Waals surface area contributed by atoms with Crippen LogP contribution in [0.3, 0.4) is 0 Å². The van der Waals surface area contributed by atoms with E-state index in [1.165, 1.54) is 12.1 Å². The number of methoxy groups -OCH3 is 1. The zero-order valence-corrected chi connectivity index (χ0v) is 18.6. The van der Waals surface area contributed by atoms with Crippen LogP contribution in [0.4, 0.5) is 14.7 Å². The average Bonchev–Trinajstić information content (AvgIpc) is 3.38. The van der Waals surface area contributed by atoms with E-state index in [0.717, 1.165) is 17.7 Å². The number of ether oxygens (including phenoxy) is 2. The Morgan fingerprint density at radius 3 is 2.75 bits per heavy atom. The molecule has 32 heavy (non-hydrogen) atoms. The second-order valence-corrected chi connectivity index (χ2v) is 8.32. The van der Waals surface area contributed by atoms with Crippen LogP contribution in [0.1, 0.15) is 24.7 Å². The van der Waals surface area contributed by atoms with Crippen LogP contribution in [0.2, 0.25) is 5.02 Å². The molecule has 1 aliphatic heterocycles. The minimum Gasteiger partial charge on any atom is -0.481 e. The number of hydrogen-bond acceptors (Lipinski definition) is 6.